The number of anilines is 1. The van der Waals surface area contributed by atoms with E-state index in [9.17, 15) is 4.79 Å². The van der Waals surface area contributed by atoms with E-state index in [-0.39, 0.29) is 5.91 Å². The molecular weight excluding hydrogens is 423 g/mol. The predicted octanol–water partition coefficient (Wildman–Crippen LogP) is 6.25. The van der Waals surface area contributed by atoms with Gasteiger partial charge >= 0.3 is 0 Å². The second kappa shape index (κ2) is 9.46. The summed E-state index contributed by atoms with van der Waals surface area (Å²) in [6, 6.07) is 12.6. The summed E-state index contributed by atoms with van der Waals surface area (Å²) < 4.78 is 6.00. The topological polar surface area (TPSA) is 51.2 Å². The third-order valence-electron chi connectivity index (χ3n) is 3.62. The van der Waals surface area contributed by atoms with Crippen LogP contribution < -0.4 is 10.1 Å². The number of carbonyl (C=O) groups excluding carboxylic acids is 1. The van der Waals surface area contributed by atoms with Gasteiger partial charge in [0.15, 0.2) is 4.34 Å². The van der Waals surface area contributed by atoms with Crippen LogP contribution in [0, 0.1) is 0 Å². The molecule has 4 nitrogen and oxygen atoms in total. The first-order chi connectivity index (χ1) is 13.0. The van der Waals surface area contributed by atoms with E-state index in [4.69, 9.17) is 27.9 Å². The van der Waals surface area contributed by atoms with Gasteiger partial charge in [0.25, 0.3) is 0 Å². The molecule has 0 saturated carbocycles. The van der Waals surface area contributed by atoms with Gasteiger partial charge < -0.3 is 10.1 Å². The van der Waals surface area contributed by atoms with Gasteiger partial charge in [0.1, 0.15) is 5.75 Å². The second-order valence-electron chi connectivity index (χ2n) is 5.50. The summed E-state index contributed by atoms with van der Waals surface area (Å²) in [7, 11) is 1.61. The molecule has 1 aromatic heterocycles. The van der Waals surface area contributed by atoms with E-state index >= 15 is 0 Å². The summed E-state index contributed by atoms with van der Waals surface area (Å²) in [6.07, 6.45) is 0.396. The van der Waals surface area contributed by atoms with Gasteiger partial charge in [0.05, 0.1) is 17.8 Å². The number of rotatable bonds is 7. The van der Waals surface area contributed by atoms with Crippen LogP contribution in [0.1, 0.15) is 6.42 Å². The molecule has 8 heteroatoms. The van der Waals surface area contributed by atoms with E-state index in [1.807, 2.05) is 35.7 Å². The zero-order valence-corrected chi connectivity index (χ0v) is 17.5. The summed E-state index contributed by atoms with van der Waals surface area (Å²) >= 11 is 15.2. The minimum atomic E-state index is -0.0369. The van der Waals surface area contributed by atoms with Crippen molar-refractivity contribution in [3.05, 3.63) is 57.9 Å². The number of benzene rings is 2. The molecule has 0 aliphatic heterocycles. The van der Waals surface area contributed by atoms with Crippen molar-refractivity contribution in [1.82, 2.24) is 4.98 Å². The lowest BCUT2D eigenvalue weighted by Gasteiger charge is -2.05. The summed E-state index contributed by atoms with van der Waals surface area (Å²) in [6.45, 7) is 0. The van der Waals surface area contributed by atoms with Crippen molar-refractivity contribution >= 4 is 57.9 Å². The molecule has 0 spiro atoms. The van der Waals surface area contributed by atoms with Crippen LogP contribution >= 0.6 is 46.3 Å². The average Bonchev–Trinajstić information content (AvgIpc) is 3.11. The number of halogens is 2. The molecule has 1 amide bonds. The Morgan fingerprint density at radius 3 is 2.70 bits per heavy atom. The van der Waals surface area contributed by atoms with Crippen LogP contribution in [0.2, 0.25) is 10.0 Å². The van der Waals surface area contributed by atoms with E-state index in [1.165, 1.54) is 11.3 Å². The first-order valence-corrected chi connectivity index (χ1v) is 10.6. The molecule has 0 fully saturated rings. The Kier molecular flexibility index (Phi) is 7.01. The Balaban J connectivity index is 1.50. The van der Waals surface area contributed by atoms with Crippen LogP contribution in [-0.2, 0) is 4.79 Å². The van der Waals surface area contributed by atoms with Crippen molar-refractivity contribution in [2.45, 2.75) is 10.8 Å². The molecule has 27 heavy (non-hydrogen) atoms. The molecule has 1 N–H and O–H groups in total. The van der Waals surface area contributed by atoms with Crippen LogP contribution in [0.15, 0.2) is 52.2 Å². The van der Waals surface area contributed by atoms with Gasteiger partial charge in [-0.15, -0.1) is 11.3 Å². The van der Waals surface area contributed by atoms with Gasteiger partial charge in [-0.1, -0.05) is 35.0 Å². The van der Waals surface area contributed by atoms with Crippen LogP contribution in [-0.4, -0.2) is 23.8 Å². The molecule has 3 rings (SSSR count). The van der Waals surface area contributed by atoms with Gasteiger partial charge in [-0.25, -0.2) is 4.98 Å². The van der Waals surface area contributed by atoms with E-state index < -0.39 is 0 Å². The van der Waals surface area contributed by atoms with Gasteiger partial charge in [0.2, 0.25) is 5.91 Å². The van der Waals surface area contributed by atoms with Crippen molar-refractivity contribution in [3.63, 3.8) is 0 Å². The molecule has 0 atom stereocenters. The number of nitrogens with zero attached hydrogens (tertiary/aromatic N) is 1. The van der Waals surface area contributed by atoms with Crippen molar-refractivity contribution in [2.24, 2.45) is 0 Å². The summed E-state index contributed by atoms with van der Waals surface area (Å²) in [5.41, 5.74) is 2.41. The highest BCUT2D eigenvalue weighted by atomic mass is 35.5. The largest absolute Gasteiger partial charge is 0.497 e. The minimum absolute atomic E-state index is 0.0369. The number of thiazole rings is 1. The smallest absolute Gasteiger partial charge is 0.225 e. The highest BCUT2D eigenvalue weighted by Crippen LogP contribution is 2.33. The molecule has 2 aromatic carbocycles. The number of methoxy groups -OCH3 is 1. The predicted molar refractivity (Wildman–Crippen MR) is 115 cm³/mol. The highest BCUT2D eigenvalue weighted by Gasteiger charge is 2.10. The Morgan fingerprint density at radius 2 is 2.00 bits per heavy atom. The highest BCUT2D eigenvalue weighted by molar-refractivity contribution is 8.01. The maximum atomic E-state index is 12.1. The normalized spacial score (nSPS) is 10.6. The van der Waals surface area contributed by atoms with Crippen molar-refractivity contribution in [2.75, 3.05) is 18.2 Å². The van der Waals surface area contributed by atoms with E-state index in [0.717, 1.165) is 27.0 Å². The standard InChI is InChI=1S/C19H16Cl2N2O2S2/c1-25-14-5-3-13(4-6-14)22-18(24)8-9-26-19-23-17(11-27-19)15-7-2-12(20)10-16(15)21/h2-7,10-11H,8-9H2,1H3,(H,22,24). The number of hydrogen-bond donors (Lipinski definition) is 1. The summed E-state index contributed by atoms with van der Waals surface area (Å²) in [5, 5.41) is 5.99. The maximum absolute atomic E-state index is 12.1. The summed E-state index contributed by atoms with van der Waals surface area (Å²) in [4.78, 5) is 16.6. The lowest BCUT2D eigenvalue weighted by atomic mass is 10.2. The number of aromatic nitrogens is 1. The van der Waals surface area contributed by atoms with Gasteiger partial charge in [-0.3, -0.25) is 4.79 Å². The van der Waals surface area contributed by atoms with Crippen LogP contribution in [0.3, 0.4) is 0 Å². The molecule has 140 valence electrons. The van der Waals surface area contributed by atoms with Crippen molar-refractivity contribution in [3.8, 4) is 17.0 Å². The molecule has 0 unspecified atom stereocenters. The van der Waals surface area contributed by atoms with Gasteiger partial charge in [0, 0.05) is 33.8 Å². The minimum Gasteiger partial charge on any atom is -0.497 e. The van der Waals surface area contributed by atoms with E-state index in [2.05, 4.69) is 10.3 Å². The average molecular weight is 439 g/mol. The SMILES string of the molecule is COc1ccc(NC(=O)CCSc2nc(-c3ccc(Cl)cc3Cl)cs2)cc1. The molecule has 0 saturated heterocycles. The lowest BCUT2D eigenvalue weighted by molar-refractivity contribution is -0.115. The monoisotopic (exact) mass is 438 g/mol. The number of amides is 1. The molecule has 0 aliphatic rings. The fourth-order valence-electron chi connectivity index (χ4n) is 2.27. The van der Waals surface area contributed by atoms with Gasteiger partial charge in [-0.05, 0) is 42.5 Å². The Hall–Kier alpha value is -1.73. The van der Waals surface area contributed by atoms with Crippen molar-refractivity contribution in [1.29, 1.82) is 0 Å². The van der Waals surface area contributed by atoms with Crippen molar-refractivity contribution < 1.29 is 9.53 Å². The second-order valence-corrected chi connectivity index (χ2v) is 8.54. The first-order valence-electron chi connectivity index (χ1n) is 8.03. The third kappa shape index (κ3) is 5.62. The third-order valence-corrected chi connectivity index (χ3v) is 6.19. The molecule has 0 aliphatic carbocycles. The van der Waals surface area contributed by atoms with Gasteiger partial charge in [-0.2, -0.15) is 0 Å². The Morgan fingerprint density at radius 1 is 1.22 bits per heavy atom. The maximum Gasteiger partial charge on any atom is 0.225 e. The van der Waals surface area contributed by atoms with Crippen LogP contribution in [0.4, 0.5) is 5.69 Å². The molecular formula is C19H16Cl2N2O2S2. The zero-order chi connectivity index (χ0) is 19.2. The first kappa shape index (κ1) is 20.0. The number of thioether (sulfide) groups is 1. The zero-order valence-electron chi connectivity index (χ0n) is 14.4. The fraction of sp³-hybridized carbons (Fsp3) is 0.158. The molecule has 0 bridgehead atoms. The number of ether oxygens (including phenoxy) is 1. The summed E-state index contributed by atoms with van der Waals surface area (Å²) in [5.74, 6) is 1.36. The van der Waals surface area contributed by atoms with E-state index in [0.29, 0.717) is 22.2 Å². The van der Waals surface area contributed by atoms with Crippen LogP contribution in [0.25, 0.3) is 11.3 Å². The molecule has 1 heterocycles. The molecule has 3 aromatic rings. The number of hydrogen-bond acceptors (Lipinski definition) is 5. The Labute approximate surface area is 175 Å². The quantitative estimate of drug-likeness (QED) is 0.443. The number of carbonyl (C=O) groups is 1. The van der Waals surface area contributed by atoms with E-state index in [1.54, 1.807) is 31.0 Å². The number of nitrogens with one attached hydrogen (secondary N) is 1. The molecule has 0 radical (unpaired) electrons. The Bertz CT molecular complexity index is 930. The fourth-order valence-corrected chi connectivity index (χ4v) is 4.61. The lowest BCUT2D eigenvalue weighted by Crippen LogP contribution is -2.12. The van der Waals surface area contributed by atoms with Crippen LogP contribution in [0.5, 0.6) is 5.75 Å².